The van der Waals surface area contributed by atoms with Crippen molar-refractivity contribution in [3.8, 4) is 0 Å². The molecule has 3 aromatic rings. The molecule has 1 fully saturated rings. The van der Waals surface area contributed by atoms with Gasteiger partial charge in [-0.15, -0.1) is 0 Å². The molecule has 0 saturated carbocycles. The van der Waals surface area contributed by atoms with Crippen molar-refractivity contribution >= 4 is 5.96 Å². The number of rotatable bonds is 7. The normalized spacial score (nSPS) is 15.7. The molecule has 1 aromatic heterocycles. The largest absolute Gasteiger partial charge is 0.354 e. The molecule has 1 aliphatic heterocycles. The van der Waals surface area contributed by atoms with Gasteiger partial charge in [0.15, 0.2) is 5.96 Å². The van der Waals surface area contributed by atoms with Crippen molar-refractivity contribution in [3.05, 3.63) is 89.7 Å². The maximum Gasteiger partial charge on any atom is 0.191 e. The van der Waals surface area contributed by atoms with Gasteiger partial charge in [0.2, 0.25) is 0 Å². The molecular formula is C25H32N6. The summed E-state index contributed by atoms with van der Waals surface area (Å²) in [6.45, 7) is 4.75. The lowest BCUT2D eigenvalue weighted by atomic mass is 10.0. The van der Waals surface area contributed by atoms with Gasteiger partial charge in [-0.25, -0.2) is 0 Å². The van der Waals surface area contributed by atoms with Crippen molar-refractivity contribution in [1.82, 2.24) is 25.3 Å². The minimum absolute atomic E-state index is 0.457. The molecule has 0 spiro atoms. The van der Waals surface area contributed by atoms with E-state index in [-0.39, 0.29) is 0 Å². The first-order valence-electron chi connectivity index (χ1n) is 11.1. The van der Waals surface area contributed by atoms with Gasteiger partial charge < -0.3 is 10.6 Å². The van der Waals surface area contributed by atoms with Gasteiger partial charge in [0.1, 0.15) is 0 Å². The number of likely N-dealkylation sites (tertiary alicyclic amines) is 1. The van der Waals surface area contributed by atoms with E-state index in [4.69, 9.17) is 0 Å². The minimum atomic E-state index is 0.457. The molecule has 2 heterocycles. The molecule has 4 rings (SSSR count). The Kier molecular flexibility index (Phi) is 7.34. The molecule has 1 aliphatic rings. The molecule has 0 bridgehead atoms. The molecule has 0 atom stereocenters. The number of benzene rings is 2. The molecular weight excluding hydrogens is 384 g/mol. The number of guanidine groups is 1. The van der Waals surface area contributed by atoms with Crippen molar-refractivity contribution in [2.75, 3.05) is 20.1 Å². The van der Waals surface area contributed by atoms with Gasteiger partial charge in [0, 0.05) is 51.0 Å². The third-order valence-corrected chi connectivity index (χ3v) is 5.74. The molecule has 0 radical (unpaired) electrons. The van der Waals surface area contributed by atoms with Crippen LogP contribution in [-0.4, -0.2) is 46.8 Å². The second-order valence-electron chi connectivity index (χ2n) is 8.14. The SMILES string of the molecule is CN=C(NCc1cnn(Cc2ccccc2)c1)NC1CCN(Cc2ccccc2)CC1. The average molecular weight is 417 g/mol. The quantitative estimate of drug-likeness (QED) is 0.459. The predicted octanol–water partition coefficient (Wildman–Crippen LogP) is 3.26. The van der Waals surface area contributed by atoms with Gasteiger partial charge >= 0.3 is 0 Å². The predicted molar refractivity (Wildman–Crippen MR) is 126 cm³/mol. The van der Waals surface area contributed by atoms with Crippen LogP contribution in [0.2, 0.25) is 0 Å². The second-order valence-corrected chi connectivity index (χ2v) is 8.14. The van der Waals surface area contributed by atoms with Crippen LogP contribution in [0.25, 0.3) is 0 Å². The molecule has 0 amide bonds. The highest BCUT2D eigenvalue weighted by Gasteiger charge is 2.20. The fourth-order valence-corrected chi connectivity index (χ4v) is 4.01. The van der Waals surface area contributed by atoms with Crippen molar-refractivity contribution in [2.24, 2.45) is 4.99 Å². The summed E-state index contributed by atoms with van der Waals surface area (Å²) in [6, 6.07) is 21.6. The Hall–Kier alpha value is -3.12. The molecule has 6 nitrogen and oxygen atoms in total. The molecule has 2 aromatic carbocycles. The maximum atomic E-state index is 4.48. The van der Waals surface area contributed by atoms with Gasteiger partial charge in [0.25, 0.3) is 0 Å². The number of nitrogens with one attached hydrogen (secondary N) is 2. The van der Waals surface area contributed by atoms with E-state index in [9.17, 15) is 0 Å². The van der Waals surface area contributed by atoms with E-state index in [1.54, 1.807) is 0 Å². The maximum absolute atomic E-state index is 4.48. The summed E-state index contributed by atoms with van der Waals surface area (Å²) >= 11 is 0. The summed E-state index contributed by atoms with van der Waals surface area (Å²) < 4.78 is 1.98. The summed E-state index contributed by atoms with van der Waals surface area (Å²) in [5.74, 6) is 0.859. The molecule has 1 saturated heterocycles. The summed E-state index contributed by atoms with van der Waals surface area (Å²) in [4.78, 5) is 6.94. The van der Waals surface area contributed by atoms with Crippen molar-refractivity contribution in [1.29, 1.82) is 0 Å². The minimum Gasteiger partial charge on any atom is -0.354 e. The van der Waals surface area contributed by atoms with Gasteiger partial charge in [-0.05, 0) is 24.0 Å². The van der Waals surface area contributed by atoms with E-state index < -0.39 is 0 Å². The Balaban J connectivity index is 1.20. The number of piperidine rings is 1. The van der Waals surface area contributed by atoms with Crippen molar-refractivity contribution < 1.29 is 0 Å². The van der Waals surface area contributed by atoms with Crippen LogP contribution in [0.3, 0.4) is 0 Å². The van der Waals surface area contributed by atoms with Crippen molar-refractivity contribution in [2.45, 2.75) is 38.5 Å². The summed E-state index contributed by atoms with van der Waals surface area (Å²) in [5, 5.41) is 11.5. The lowest BCUT2D eigenvalue weighted by molar-refractivity contribution is 0.198. The monoisotopic (exact) mass is 416 g/mol. The standard InChI is InChI=1S/C25H32N6/c1-26-25(27-16-23-17-28-31(20-23)19-22-10-6-3-7-11-22)29-24-12-14-30(15-13-24)18-21-8-4-2-5-9-21/h2-11,17,20,24H,12-16,18-19H2,1H3,(H2,26,27,29). The van der Waals surface area contributed by atoms with Crippen LogP contribution in [0.1, 0.15) is 29.5 Å². The lowest BCUT2D eigenvalue weighted by Crippen LogP contribution is -2.48. The number of nitrogens with zero attached hydrogens (tertiary/aromatic N) is 4. The van der Waals surface area contributed by atoms with Gasteiger partial charge in [-0.2, -0.15) is 5.10 Å². The van der Waals surface area contributed by atoms with Gasteiger partial charge in [-0.1, -0.05) is 60.7 Å². The summed E-state index contributed by atoms with van der Waals surface area (Å²) in [7, 11) is 1.83. The van der Waals surface area contributed by atoms with Crippen LogP contribution in [0, 0.1) is 0 Å². The summed E-state index contributed by atoms with van der Waals surface area (Å²) in [6.07, 6.45) is 6.27. The van der Waals surface area contributed by atoms with Crippen LogP contribution in [0.5, 0.6) is 0 Å². The molecule has 162 valence electrons. The van der Waals surface area contributed by atoms with Crippen LogP contribution in [0.15, 0.2) is 78.0 Å². The highest BCUT2D eigenvalue weighted by molar-refractivity contribution is 5.79. The van der Waals surface area contributed by atoms with Crippen molar-refractivity contribution in [3.63, 3.8) is 0 Å². The van der Waals surface area contributed by atoms with Gasteiger partial charge in [-0.3, -0.25) is 14.6 Å². The highest BCUT2D eigenvalue weighted by atomic mass is 15.3. The Morgan fingerprint density at radius 1 is 0.935 bits per heavy atom. The first-order valence-corrected chi connectivity index (χ1v) is 11.1. The van der Waals surface area contributed by atoms with E-state index >= 15 is 0 Å². The Morgan fingerprint density at radius 2 is 1.58 bits per heavy atom. The zero-order valence-electron chi connectivity index (χ0n) is 18.2. The van der Waals surface area contributed by atoms with Crippen LogP contribution < -0.4 is 10.6 Å². The number of aromatic nitrogens is 2. The second kappa shape index (κ2) is 10.8. The Bertz CT molecular complexity index is 942. The zero-order chi connectivity index (χ0) is 21.3. The number of hydrogen-bond donors (Lipinski definition) is 2. The topological polar surface area (TPSA) is 57.5 Å². The fraction of sp³-hybridized carbons (Fsp3) is 0.360. The number of hydrogen-bond acceptors (Lipinski definition) is 3. The van der Waals surface area contributed by atoms with E-state index in [0.717, 1.165) is 50.5 Å². The highest BCUT2D eigenvalue weighted by Crippen LogP contribution is 2.14. The van der Waals surface area contributed by atoms with E-state index in [0.29, 0.717) is 12.6 Å². The zero-order valence-corrected chi connectivity index (χ0v) is 18.2. The smallest absolute Gasteiger partial charge is 0.191 e. The third kappa shape index (κ3) is 6.43. The first kappa shape index (κ1) is 21.1. The Labute approximate surface area is 185 Å². The van der Waals surface area contributed by atoms with Crippen LogP contribution in [-0.2, 0) is 19.6 Å². The molecule has 0 aliphatic carbocycles. The first-order chi connectivity index (χ1) is 15.3. The van der Waals surface area contributed by atoms with Gasteiger partial charge in [0.05, 0.1) is 12.7 Å². The van der Waals surface area contributed by atoms with E-state index in [1.807, 2.05) is 24.0 Å². The summed E-state index contributed by atoms with van der Waals surface area (Å²) in [5.41, 5.74) is 3.79. The van der Waals surface area contributed by atoms with E-state index in [2.05, 4.69) is 86.4 Å². The number of aliphatic imine (C=N–C) groups is 1. The van der Waals surface area contributed by atoms with Crippen LogP contribution >= 0.6 is 0 Å². The van der Waals surface area contributed by atoms with Crippen LogP contribution in [0.4, 0.5) is 0 Å². The Morgan fingerprint density at radius 3 is 2.23 bits per heavy atom. The fourth-order valence-electron chi connectivity index (χ4n) is 4.01. The molecule has 6 heteroatoms. The van der Waals surface area contributed by atoms with E-state index in [1.165, 1.54) is 11.1 Å². The molecule has 2 N–H and O–H groups in total. The lowest BCUT2D eigenvalue weighted by Gasteiger charge is -2.33. The third-order valence-electron chi connectivity index (χ3n) is 5.74. The molecule has 0 unspecified atom stereocenters. The molecule has 31 heavy (non-hydrogen) atoms. The average Bonchev–Trinajstić information content (AvgIpc) is 3.26.